The molecule has 0 aliphatic heterocycles. The molecule has 0 atom stereocenters. The van der Waals surface area contributed by atoms with Gasteiger partial charge in [-0.25, -0.2) is 4.79 Å². The molecule has 0 aromatic heterocycles. The van der Waals surface area contributed by atoms with Gasteiger partial charge in [0.2, 0.25) is 5.91 Å². The average Bonchev–Trinajstić information content (AvgIpc) is 2.68. The van der Waals surface area contributed by atoms with Crippen LogP contribution in [0.2, 0.25) is 5.02 Å². The summed E-state index contributed by atoms with van der Waals surface area (Å²) in [5.74, 6) is -0.368. The van der Waals surface area contributed by atoms with E-state index in [0.717, 1.165) is 12.1 Å². The Morgan fingerprint density at radius 1 is 1.00 bits per heavy atom. The number of carbonyl (C=O) groups excluding carboxylic acids is 3. The molecule has 2 rings (SSSR count). The van der Waals surface area contributed by atoms with Crippen LogP contribution in [0.1, 0.15) is 22.8 Å². The molecule has 9 heteroatoms. The van der Waals surface area contributed by atoms with Crippen LogP contribution in [0.15, 0.2) is 42.5 Å². The minimum atomic E-state index is -0.440. The molecule has 0 heterocycles. The topological polar surface area (TPSA) is 103 Å². The van der Waals surface area contributed by atoms with Gasteiger partial charge in [-0.15, -0.1) is 0 Å². The van der Waals surface area contributed by atoms with Crippen molar-refractivity contribution in [2.75, 3.05) is 37.8 Å². The number of anilines is 2. The smallest absolute Gasteiger partial charge is 0.319 e. The number of halogens is 1. The van der Waals surface area contributed by atoms with Crippen molar-refractivity contribution in [2.45, 2.75) is 13.5 Å². The molecule has 0 saturated carbocycles. The Labute approximate surface area is 181 Å². The van der Waals surface area contributed by atoms with Gasteiger partial charge >= 0.3 is 6.03 Å². The summed E-state index contributed by atoms with van der Waals surface area (Å²) in [5.41, 5.74) is 2.28. The molecule has 0 unspecified atom stereocenters. The van der Waals surface area contributed by atoms with Crippen LogP contribution in [0, 0.1) is 0 Å². The highest BCUT2D eigenvalue weighted by atomic mass is 35.5. The maximum absolute atomic E-state index is 12.2. The summed E-state index contributed by atoms with van der Waals surface area (Å²) in [6.45, 7) is 2.95. The second-order valence-corrected chi connectivity index (χ2v) is 7.35. The predicted octanol–water partition coefficient (Wildman–Crippen LogP) is 2.91. The molecule has 4 N–H and O–H groups in total. The lowest BCUT2D eigenvalue weighted by molar-refractivity contribution is -0.114. The minimum absolute atomic E-state index is 0.158. The number of hydrogen-bond donors (Lipinski definition) is 4. The first kappa shape index (κ1) is 23.2. The highest BCUT2D eigenvalue weighted by Gasteiger charge is 2.09. The van der Waals surface area contributed by atoms with E-state index in [2.05, 4.69) is 21.3 Å². The fourth-order valence-electron chi connectivity index (χ4n) is 2.56. The summed E-state index contributed by atoms with van der Waals surface area (Å²) in [6, 6.07) is 11.4. The van der Waals surface area contributed by atoms with Crippen LogP contribution in [0.4, 0.5) is 16.2 Å². The number of amides is 4. The van der Waals surface area contributed by atoms with Gasteiger partial charge in [0.25, 0.3) is 5.91 Å². The molecule has 0 aliphatic rings. The molecule has 0 aliphatic carbocycles. The Hall–Kier alpha value is -3.10. The van der Waals surface area contributed by atoms with Gasteiger partial charge in [0.1, 0.15) is 0 Å². The quantitative estimate of drug-likeness (QED) is 0.516. The monoisotopic (exact) mass is 431 g/mol. The third-order valence-electron chi connectivity index (χ3n) is 4.02. The summed E-state index contributed by atoms with van der Waals surface area (Å²) in [6.07, 6.45) is 0. The zero-order chi connectivity index (χ0) is 22.1. The summed E-state index contributed by atoms with van der Waals surface area (Å²) >= 11 is 6.15. The number of nitrogens with one attached hydrogen (secondary N) is 4. The van der Waals surface area contributed by atoms with Crippen molar-refractivity contribution < 1.29 is 14.4 Å². The van der Waals surface area contributed by atoms with Gasteiger partial charge in [-0.2, -0.15) is 0 Å². The summed E-state index contributed by atoms with van der Waals surface area (Å²) in [5, 5.41) is 11.2. The third kappa shape index (κ3) is 7.73. The van der Waals surface area contributed by atoms with Crippen molar-refractivity contribution in [2.24, 2.45) is 0 Å². The van der Waals surface area contributed by atoms with Crippen molar-refractivity contribution in [3.63, 3.8) is 0 Å². The molecule has 0 saturated heterocycles. The zero-order valence-corrected chi connectivity index (χ0v) is 18.0. The van der Waals surface area contributed by atoms with E-state index in [1.165, 1.54) is 6.92 Å². The van der Waals surface area contributed by atoms with Gasteiger partial charge in [-0.3, -0.25) is 9.59 Å². The Kier molecular flexibility index (Phi) is 8.64. The van der Waals surface area contributed by atoms with Gasteiger partial charge in [0.15, 0.2) is 0 Å². The van der Waals surface area contributed by atoms with Crippen LogP contribution < -0.4 is 21.3 Å². The minimum Gasteiger partial charge on any atom is -0.351 e. The molecule has 0 spiro atoms. The van der Waals surface area contributed by atoms with Gasteiger partial charge in [0.05, 0.1) is 10.7 Å². The van der Waals surface area contributed by atoms with Crippen LogP contribution in [0.25, 0.3) is 0 Å². The predicted molar refractivity (Wildman–Crippen MR) is 119 cm³/mol. The zero-order valence-electron chi connectivity index (χ0n) is 17.2. The fraction of sp³-hybridized carbons (Fsp3) is 0.286. The second-order valence-electron chi connectivity index (χ2n) is 6.94. The first-order chi connectivity index (χ1) is 14.2. The molecule has 4 amide bonds. The Balaban J connectivity index is 1.89. The Morgan fingerprint density at radius 3 is 2.43 bits per heavy atom. The summed E-state index contributed by atoms with van der Waals surface area (Å²) < 4.78 is 0. The number of rotatable bonds is 8. The molecule has 0 radical (unpaired) electrons. The van der Waals surface area contributed by atoms with Gasteiger partial charge < -0.3 is 26.2 Å². The SMILES string of the molecule is CC(=O)Nc1ccc(NC(=O)NCc2cccc(C(=O)NCCN(C)C)c2)c(Cl)c1. The lowest BCUT2D eigenvalue weighted by Crippen LogP contribution is -2.31. The highest BCUT2D eigenvalue weighted by molar-refractivity contribution is 6.34. The molecular formula is C21H26ClN5O3. The van der Waals surface area contributed by atoms with Gasteiger partial charge in [-0.05, 0) is 50.0 Å². The van der Waals surface area contributed by atoms with Gasteiger partial charge in [-0.1, -0.05) is 23.7 Å². The molecule has 0 fully saturated rings. The molecule has 160 valence electrons. The third-order valence-corrected chi connectivity index (χ3v) is 4.34. The van der Waals surface area contributed by atoms with E-state index in [9.17, 15) is 14.4 Å². The molecule has 0 bridgehead atoms. The number of nitrogens with zero attached hydrogens (tertiary/aromatic N) is 1. The lowest BCUT2D eigenvalue weighted by Gasteiger charge is -2.12. The van der Waals surface area contributed by atoms with E-state index in [-0.39, 0.29) is 18.4 Å². The van der Waals surface area contributed by atoms with E-state index in [4.69, 9.17) is 11.6 Å². The van der Waals surface area contributed by atoms with Crippen molar-refractivity contribution >= 4 is 40.8 Å². The maximum Gasteiger partial charge on any atom is 0.319 e. The van der Waals surface area contributed by atoms with E-state index in [1.54, 1.807) is 36.4 Å². The van der Waals surface area contributed by atoms with E-state index < -0.39 is 6.03 Å². The number of benzene rings is 2. The summed E-state index contributed by atoms with van der Waals surface area (Å²) in [4.78, 5) is 37.5. The molecule has 8 nitrogen and oxygen atoms in total. The lowest BCUT2D eigenvalue weighted by atomic mass is 10.1. The highest BCUT2D eigenvalue weighted by Crippen LogP contribution is 2.25. The molecular weight excluding hydrogens is 406 g/mol. The van der Waals surface area contributed by atoms with Crippen LogP contribution in [0.5, 0.6) is 0 Å². The van der Waals surface area contributed by atoms with E-state index in [1.807, 2.05) is 25.1 Å². The van der Waals surface area contributed by atoms with Crippen LogP contribution >= 0.6 is 11.6 Å². The van der Waals surface area contributed by atoms with Crippen LogP contribution in [-0.2, 0) is 11.3 Å². The van der Waals surface area contributed by atoms with Gasteiger partial charge in [0, 0.05) is 37.8 Å². The van der Waals surface area contributed by atoms with E-state index in [0.29, 0.717) is 28.5 Å². The largest absolute Gasteiger partial charge is 0.351 e. The van der Waals surface area contributed by atoms with Crippen molar-refractivity contribution in [1.29, 1.82) is 0 Å². The molecule has 2 aromatic carbocycles. The number of urea groups is 1. The maximum atomic E-state index is 12.2. The number of likely N-dealkylation sites (N-methyl/N-ethyl adjacent to an activating group) is 1. The van der Waals surface area contributed by atoms with Crippen molar-refractivity contribution in [3.8, 4) is 0 Å². The van der Waals surface area contributed by atoms with Crippen molar-refractivity contribution in [3.05, 3.63) is 58.6 Å². The standard InChI is InChI=1S/C21H26ClN5O3/c1-14(28)25-17-7-8-19(18(22)12-17)26-21(30)24-13-15-5-4-6-16(11-15)20(29)23-9-10-27(2)3/h4-8,11-12H,9-10,13H2,1-3H3,(H,23,29)(H,25,28)(H2,24,26,30). The van der Waals surface area contributed by atoms with Crippen molar-refractivity contribution in [1.82, 2.24) is 15.5 Å². The normalized spacial score (nSPS) is 10.4. The summed E-state index contributed by atoms with van der Waals surface area (Å²) in [7, 11) is 3.88. The van der Waals surface area contributed by atoms with Crippen LogP contribution in [0.3, 0.4) is 0 Å². The van der Waals surface area contributed by atoms with E-state index >= 15 is 0 Å². The Morgan fingerprint density at radius 2 is 1.77 bits per heavy atom. The first-order valence-corrected chi connectivity index (χ1v) is 9.76. The number of carbonyl (C=O) groups is 3. The molecule has 30 heavy (non-hydrogen) atoms. The number of hydrogen-bond acceptors (Lipinski definition) is 4. The van der Waals surface area contributed by atoms with Crippen LogP contribution in [-0.4, -0.2) is 49.9 Å². The molecule has 2 aromatic rings. The average molecular weight is 432 g/mol. The Bertz CT molecular complexity index is 917. The fourth-order valence-corrected chi connectivity index (χ4v) is 2.79. The second kappa shape index (κ2) is 11.2. The first-order valence-electron chi connectivity index (χ1n) is 9.38.